The minimum absolute atomic E-state index is 0.228. The van der Waals surface area contributed by atoms with Gasteiger partial charge in [-0.1, -0.05) is 0 Å². The molecule has 0 saturated heterocycles. The predicted molar refractivity (Wildman–Crippen MR) is 77.9 cm³/mol. The SMILES string of the molecule is CNc1ncc(CN(C)Cc2ncccc2C(=O)O)cn1. The van der Waals surface area contributed by atoms with Crippen LogP contribution in [0.2, 0.25) is 0 Å². The summed E-state index contributed by atoms with van der Waals surface area (Å²) in [6.45, 7) is 1.05. The van der Waals surface area contributed by atoms with Crippen LogP contribution in [0.3, 0.4) is 0 Å². The number of nitrogens with zero attached hydrogens (tertiary/aromatic N) is 4. The van der Waals surface area contributed by atoms with Crippen molar-refractivity contribution in [3.8, 4) is 0 Å². The van der Waals surface area contributed by atoms with Crippen molar-refractivity contribution in [2.24, 2.45) is 0 Å². The molecule has 0 atom stereocenters. The van der Waals surface area contributed by atoms with Crippen LogP contribution in [0.1, 0.15) is 21.6 Å². The first-order valence-electron chi connectivity index (χ1n) is 6.44. The summed E-state index contributed by atoms with van der Waals surface area (Å²) in [6, 6.07) is 3.18. The number of carboxylic acids is 1. The van der Waals surface area contributed by atoms with E-state index in [1.54, 1.807) is 37.8 Å². The summed E-state index contributed by atoms with van der Waals surface area (Å²) in [7, 11) is 3.65. The molecule has 0 bridgehead atoms. The third kappa shape index (κ3) is 3.96. The third-order valence-electron chi connectivity index (χ3n) is 2.92. The lowest BCUT2D eigenvalue weighted by molar-refractivity contribution is 0.0694. The average Bonchev–Trinajstić information content (AvgIpc) is 2.48. The van der Waals surface area contributed by atoms with Gasteiger partial charge in [0.2, 0.25) is 5.95 Å². The van der Waals surface area contributed by atoms with E-state index in [2.05, 4.69) is 20.3 Å². The Morgan fingerprint density at radius 2 is 2.00 bits per heavy atom. The predicted octanol–water partition coefficient (Wildman–Crippen LogP) is 1.24. The van der Waals surface area contributed by atoms with Gasteiger partial charge in [-0.3, -0.25) is 9.88 Å². The number of hydrogen-bond acceptors (Lipinski definition) is 6. The Bertz CT molecular complexity index is 615. The second kappa shape index (κ2) is 6.76. The number of carbonyl (C=O) groups is 1. The fourth-order valence-corrected chi connectivity index (χ4v) is 1.95. The molecular formula is C14H17N5O2. The van der Waals surface area contributed by atoms with Crippen LogP contribution in [0.5, 0.6) is 0 Å². The van der Waals surface area contributed by atoms with Crippen molar-refractivity contribution >= 4 is 11.9 Å². The minimum atomic E-state index is -0.965. The lowest BCUT2D eigenvalue weighted by Crippen LogP contribution is -2.20. The van der Waals surface area contributed by atoms with Crippen molar-refractivity contribution in [2.45, 2.75) is 13.1 Å². The highest BCUT2D eigenvalue weighted by atomic mass is 16.4. The highest BCUT2D eigenvalue weighted by Gasteiger charge is 2.12. The van der Waals surface area contributed by atoms with E-state index < -0.39 is 5.97 Å². The zero-order valence-corrected chi connectivity index (χ0v) is 11.9. The molecule has 2 aromatic heterocycles. The van der Waals surface area contributed by atoms with Crippen LogP contribution in [0, 0.1) is 0 Å². The molecule has 0 fully saturated rings. The highest BCUT2D eigenvalue weighted by Crippen LogP contribution is 2.10. The molecule has 0 unspecified atom stereocenters. The van der Waals surface area contributed by atoms with Crippen LogP contribution in [0.25, 0.3) is 0 Å². The maximum Gasteiger partial charge on any atom is 0.337 e. The second-order valence-electron chi connectivity index (χ2n) is 4.64. The van der Waals surface area contributed by atoms with E-state index in [1.807, 2.05) is 11.9 Å². The molecule has 0 aliphatic rings. The zero-order valence-electron chi connectivity index (χ0n) is 11.9. The summed E-state index contributed by atoms with van der Waals surface area (Å²) in [4.78, 5) is 25.5. The quantitative estimate of drug-likeness (QED) is 0.826. The van der Waals surface area contributed by atoms with E-state index >= 15 is 0 Å². The average molecular weight is 287 g/mol. The Hall–Kier alpha value is -2.54. The second-order valence-corrected chi connectivity index (χ2v) is 4.64. The molecule has 21 heavy (non-hydrogen) atoms. The number of anilines is 1. The van der Waals surface area contributed by atoms with Gasteiger partial charge in [-0.15, -0.1) is 0 Å². The van der Waals surface area contributed by atoms with Gasteiger partial charge in [-0.05, 0) is 19.2 Å². The molecular weight excluding hydrogens is 270 g/mol. The molecule has 2 heterocycles. The normalized spacial score (nSPS) is 10.6. The van der Waals surface area contributed by atoms with Gasteiger partial charge in [-0.25, -0.2) is 14.8 Å². The van der Waals surface area contributed by atoms with Gasteiger partial charge in [0, 0.05) is 44.3 Å². The van der Waals surface area contributed by atoms with Gasteiger partial charge in [0.15, 0.2) is 0 Å². The first-order chi connectivity index (χ1) is 10.1. The summed E-state index contributed by atoms with van der Waals surface area (Å²) in [5, 5.41) is 12.0. The molecule has 2 rings (SSSR count). The topological polar surface area (TPSA) is 91.2 Å². The highest BCUT2D eigenvalue weighted by molar-refractivity contribution is 5.88. The van der Waals surface area contributed by atoms with Crippen molar-refractivity contribution in [3.63, 3.8) is 0 Å². The molecule has 2 aromatic rings. The van der Waals surface area contributed by atoms with Crippen LogP contribution < -0.4 is 5.32 Å². The number of aromatic carboxylic acids is 1. The van der Waals surface area contributed by atoms with Gasteiger partial charge in [0.1, 0.15) is 0 Å². The van der Waals surface area contributed by atoms with Gasteiger partial charge in [0.05, 0.1) is 11.3 Å². The maximum absolute atomic E-state index is 11.1. The maximum atomic E-state index is 11.1. The van der Waals surface area contributed by atoms with Crippen molar-refractivity contribution in [3.05, 3.63) is 47.5 Å². The van der Waals surface area contributed by atoms with Gasteiger partial charge >= 0.3 is 5.97 Å². The Labute approximate surface area is 122 Å². The van der Waals surface area contributed by atoms with Crippen LogP contribution >= 0.6 is 0 Å². The minimum Gasteiger partial charge on any atom is -0.478 e. The number of carboxylic acid groups (broad SMARTS) is 1. The van der Waals surface area contributed by atoms with Crippen molar-refractivity contribution in [2.75, 3.05) is 19.4 Å². The van der Waals surface area contributed by atoms with Crippen LogP contribution in [0.15, 0.2) is 30.7 Å². The number of rotatable bonds is 6. The number of hydrogen-bond donors (Lipinski definition) is 2. The van der Waals surface area contributed by atoms with Crippen LogP contribution in [-0.4, -0.2) is 45.0 Å². The lowest BCUT2D eigenvalue weighted by Gasteiger charge is -2.17. The van der Waals surface area contributed by atoms with E-state index in [0.717, 1.165) is 5.56 Å². The molecule has 0 aliphatic heterocycles. The van der Waals surface area contributed by atoms with Gasteiger partial charge in [0.25, 0.3) is 0 Å². The standard InChI is InChI=1S/C14H17N5O2/c1-15-14-17-6-10(7-18-14)8-19(2)9-12-11(13(20)21)4-3-5-16-12/h3-7H,8-9H2,1-2H3,(H,20,21)(H,15,17,18). The molecule has 2 N–H and O–H groups in total. The summed E-state index contributed by atoms with van der Waals surface area (Å²) in [6.07, 6.45) is 5.08. The summed E-state index contributed by atoms with van der Waals surface area (Å²) in [5.41, 5.74) is 1.72. The smallest absolute Gasteiger partial charge is 0.337 e. The Morgan fingerprint density at radius 3 is 2.62 bits per heavy atom. The molecule has 110 valence electrons. The van der Waals surface area contributed by atoms with Gasteiger partial charge in [-0.2, -0.15) is 0 Å². The molecule has 0 saturated carbocycles. The van der Waals surface area contributed by atoms with E-state index in [1.165, 1.54) is 0 Å². The first-order valence-corrected chi connectivity index (χ1v) is 6.44. The molecule has 0 aliphatic carbocycles. The fourth-order valence-electron chi connectivity index (χ4n) is 1.95. The first kappa shape index (κ1) is 14.9. The van der Waals surface area contributed by atoms with Crippen molar-refractivity contribution in [1.82, 2.24) is 19.9 Å². The molecule has 0 spiro atoms. The van der Waals surface area contributed by atoms with E-state index in [0.29, 0.717) is 24.7 Å². The zero-order chi connectivity index (χ0) is 15.2. The summed E-state index contributed by atoms with van der Waals surface area (Å²) < 4.78 is 0. The fraction of sp³-hybridized carbons (Fsp3) is 0.286. The number of nitrogens with one attached hydrogen (secondary N) is 1. The van der Waals surface area contributed by atoms with E-state index in [4.69, 9.17) is 5.11 Å². The Morgan fingerprint density at radius 1 is 1.29 bits per heavy atom. The molecule has 7 heteroatoms. The molecule has 7 nitrogen and oxygen atoms in total. The molecule has 0 aromatic carbocycles. The summed E-state index contributed by atoms with van der Waals surface area (Å²) >= 11 is 0. The van der Waals surface area contributed by atoms with Crippen molar-refractivity contribution in [1.29, 1.82) is 0 Å². The van der Waals surface area contributed by atoms with Crippen molar-refractivity contribution < 1.29 is 9.90 Å². The largest absolute Gasteiger partial charge is 0.478 e. The van der Waals surface area contributed by atoms with E-state index in [9.17, 15) is 4.79 Å². The van der Waals surface area contributed by atoms with Crippen LogP contribution in [-0.2, 0) is 13.1 Å². The van der Waals surface area contributed by atoms with Gasteiger partial charge < -0.3 is 10.4 Å². The third-order valence-corrected chi connectivity index (χ3v) is 2.92. The Balaban J connectivity index is 2.04. The summed E-state index contributed by atoms with van der Waals surface area (Å²) in [5.74, 6) is -0.396. The number of aromatic nitrogens is 3. The van der Waals surface area contributed by atoms with Crippen LogP contribution in [0.4, 0.5) is 5.95 Å². The van der Waals surface area contributed by atoms with E-state index in [-0.39, 0.29) is 5.56 Å². The lowest BCUT2D eigenvalue weighted by atomic mass is 10.2. The molecule has 0 radical (unpaired) electrons. The monoisotopic (exact) mass is 287 g/mol. The number of pyridine rings is 1. The molecule has 0 amide bonds. The Kier molecular flexibility index (Phi) is 4.78.